The number of H-pyrrole nitrogens is 1. The molecule has 0 bridgehead atoms. The fourth-order valence-corrected chi connectivity index (χ4v) is 4.69. The van der Waals surface area contributed by atoms with Crippen molar-refractivity contribution in [2.45, 2.75) is 19.8 Å². The summed E-state index contributed by atoms with van der Waals surface area (Å²) in [5.41, 5.74) is 4.87. The van der Waals surface area contributed by atoms with E-state index in [1.807, 2.05) is 72.6 Å². The van der Waals surface area contributed by atoms with Crippen LogP contribution in [0.1, 0.15) is 17.7 Å². The predicted octanol–water partition coefficient (Wildman–Crippen LogP) is 4.75. The molecule has 0 saturated carbocycles. The zero-order chi connectivity index (χ0) is 26.5. The standard InChI is InChI=1S/C30H33N5O3/c1-21-4-14-27(31-20-21)34-16-18-35(19-17-34)28(36)15-13-26-29(22-5-9-24(37-2)10-6-22)33-30(32-26)23-7-11-25(38-3)12-8-23/h4-12,14,20H,13,15-19H2,1-3H3,(H,32,33). The van der Waals surface area contributed by atoms with E-state index in [9.17, 15) is 4.79 Å². The summed E-state index contributed by atoms with van der Waals surface area (Å²) in [6.45, 7) is 4.99. The number of carbonyl (C=O) groups is 1. The molecule has 4 aromatic rings. The number of hydrogen-bond donors (Lipinski definition) is 1. The lowest BCUT2D eigenvalue weighted by atomic mass is 10.1. The average Bonchev–Trinajstić information content (AvgIpc) is 3.41. The number of aromatic nitrogens is 3. The SMILES string of the molecule is COc1ccc(-c2nc(-c3ccc(OC)cc3)c(CCC(=O)N3CCN(c4ccc(C)cn4)CC3)[nH]2)cc1. The Balaban J connectivity index is 1.29. The summed E-state index contributed by atoms with van der Waals surface area (Å²) in [5.74, 6) is 3.47. The predicted molar refractivity (Wildman–Crippen MR) is 149 cm³/mol. The van der Waals surface area contributed by atoms with Crippen molar-refractivity contribution < 1.29 is 14.3 Å². The number of amides is 1. The fourth-order valence-electron chi connectivity index (χ4n) is 4.69. The zero-order valence-electron chi connectivity index (χ0n) is 22.1. The van der Waals surface area contributed by atoms with Gasteiger partial charge in [-0.15, -0.1) is 0 Å². The summed E-state index contributed by atoms with van der Waals surface area (Å²) in [7, 11) is 3.30. The highest BCUT2D eigenvalue weighted by Gasteiger charge is 2.23. The monoisotopic (exact) mass is 511 g/mol. The van der Waals surface area contributed by atoms with Gasteiger partial charge < -0.3 is 24.3 Å². The maximum absolute atomic E-state index is 13.2. The Morgan fingerprint density at radius 1 is 0.868 bits per heavy atom. The molecule has 0 spiro atoms. The molecule has 2 aromatic carbocycles. The highest BCUT2D eigenvalue weighted by atomic mass is 16.5. The van der Waals surface area contributed by atoms with E-state index in [0.29, 0.717) is 25.9 Å². The second kappa shape index (κ2) is 11.4. The Hall–Kier alpha value is -4.33. The summed E-state index contributed by atoms with van der Waals surface area (Å²) in [6, 6.07) is 19.8. The zero-order valence-corrected chi connectivity index (χ0v) is 22.1. The van der Waals surface area contributed by atoms with Crippen LogP contribution in [0.3, 0.4) is 0 Å². The average molecular weight is 512 g/mol. The van der Waals surface area contributed by atoms with Gasteiger partial charge in [-0.2, -0.15) is 0 Å². The number of anilines is 1. The first-order valence-electron chi connectivity index (χ1n) is 12.9. The number of aromatic amines is 1. The smallest absolute Gasteiger partial charge is 0.223 e. The third kappa shape index (κ3) is 5.64. The van der Waals surface area contributed by atoms with Crippen molar-refractivity contribution in [2.75, 3.05) is 45.3 Å². The number of piperazine rings is 1. The van der Waals surface area contributed by atoms with E-state index in [1.165, 1.54) is 0 Å². The Kier molecular flexibility index (Phi) is 7.58. The van der Waals surface area contributed by atoms with Crippen LogP contribution in [0.2, 0.25) is 0 Å². The van der Waals surface area contributed by atoms with Gasteiger partial charge in [0.15, 0.2) is 0 Å². The van der Waals surface area contributed by atoms with Crippen LogP contribution in [-0.2, 0) is 11.2 Å². The number of nitrogens with one attached hydrogen (secondary N) is 1. The summed E-state index contributed by atoms with van der Waals surface area (Å²) < 4.78 is 10.6. The van der Waals surface area contributed by atoms with Crippen LogP contribution in [-0.4, -0.2) is 66.2 Å². The van der Waals surface area contributed by atoms with Gasteiger partial charge in [-0.05, 0) is 73.5 Å². The molecule has 0 aliphatic carbocycles. The minimum Gasteiger partial charge on any atom is -0.497 e. The third-order valence-electron chi connectivity index (χ3n) is 6.95. The van der Waals surface area contributed by atoms with Crippen LogP contribution in [0.15, 0.2) is 66.9 Å². The number of benzene rings is 2. The Bertz CT molecular complexity index is 1360. The summed E-state index contributed by atoms with van der Waals surface area (Å²) in [6.07, 6.45) is 2.87. The van der Waals surface area contributed by atoms with Crippen LogP contribution in [0.5, 0.6) is 11.5 Å². The van der Waals surface area contributed by atoms with E-state index in [2.05, 4.69) is 20.9 Å². The van der Waals surface area contributed by atoms with Crippen LogP contribution in [0, 0.1) is 6.92 Å². The summed E-state index contributed by atoms with van der Waals surface area (Å²) >= 11 is 0. The van der Waals surface area contributed by atoms with Gasteiger partial charge in [0.05, 0.1) is 19.9 Å². The van der Waals surface area contributed by atoms with Gasteiger partial charge in [0.2, 0.25) is 5.91 Å². The minimum atomic E-state index is 0.155. The number of nitrogens with zero attached hydrogens (tertiary/aromatic N) is 4. The van der Waals surface area contributed by atoms with Crippen LogP contribution >= 0.6 is 0 Å². The molecule has 1 fully saturated rings. The van der Waals surface area contributed by atoms with Crippen molar-refractivity contribution in [1.82, 2.24) is 19.9 Å². The molecule has 38 heavy (non-hydrogen) atoms. The molecule has 8 nitrogen and oxygen atoms in total. The number of carbonyl (C=O) groups excluding carboxylic acids is 1. The van der Waals surface area contributed by atoms with Crippen LogP contribution in [0.25, 0.3) is 22.6 Å². The van der Waals surface area contributed by atoms with Crippen LogP contribution in [0.4, 0.5) is 5.82 Å². The first-order chi connectivity index (χ1) is 18.5. The highest BCUT2D eigenvalue weighted by Crippen LogP contribution is 2.29. The highest BCUT2D eigenvalue weighted by molar-refractivity contribution is 5.77. The molecule has 1 aliphatic rings. The first kappa shape index (κ1) is 25.3. The largest absolute Gasteiger partial charge is 0.497 e. The number of ether oxygens (including phenoxy) is 2. The molecule has 0 atom stereocenters. The lowest BCUT2D eigenvalue weighted by Crippen LogP contribution is -2.49. The lowest BCUT2D eigenvalue weighted by Gasteiger charge is -2.35. The fraction of sp³-hybridized carbons (Fsp3) is 0.300. The molecule has 196 valence electrons. The van der Waals surface area contributed by atoms with Crippen LogP contribution < -0.4 is 14.4 Å². The second-order valence-corrected chi connectivity index (χ2v) is 9.43. The number of methoxy groups -OCH3 is 2. The van der Waals surface area contributed by atoms with Gasteiger partial charge in [-0.25, -0.2) is 9.97 Å². The normalized spacial score (nSPS) is 13.4. The van der Waals surface area contributed by atoms with Crippen molar-refractivity contribution in [3.63, 3.8) is 0 Å². The molecule has 1 aliphatic heterocycles. The maximum atomic E-state index is 13.2. The number of hydrogen-bond acceptors (Lipinski definition) is 6. The minimum absolute atomic E-state index is 0.155. The second-order valence-electron chi connectivity index (χ2n) is 9.43. The molecule has 3 heterocycles. The molecule has 0 radical (unpaired) electrons. The number of pyridine rings is 1. The topological polar surface area (TPSA) is 83.6 Å². The molecular weight excluding hydrogens is 478 g/mol. The van der Waals surface area contributed by atoms with Gasteiger partial charge in [0.25, 0.3) is 0 Å². The van der Waals surface area contributed by atoms with Gasteiger partial charge >= 0.3 is 0 Å². The van der Waals surface area contributed by atoms with E-state index in [-0.39, 0.29) is 5.91 Å². The van der Waals surface area contributed by atoms with E-state index in [1.54, 1.807) is 14.2 Å². The lowest BCUT2D eigenvalue weighted by molar-refractivity contribution is -0.131. The van der Waals surface area contributed by atoms with E-state index < -0.39 is 0 Å². The van der Waals surface area contributed by atoms with Crippen molar-refractivity contribution in [1.29, 1.82) is 0 Å². The first-order valence-corrected chi connectivity index (χ1v) is 12.9. The van der Waals surface area contributed by atoms with Crippen molar-refractivity contribution in [3.8, 4) is 34.1 Å². The molecule has 2 aromatic heterocycles. The Labute approximate surface area is 223 Å². The van der Waals surface area contributed by atoms with Gasteiger partial charge in [-0.1, -0.05) is 6.07 Å². The molecule has 5 rings (SSSR count). The molecule has 1 amide bonds. The summed E-state index contributed by atoms with van der Waals surface area (Å²) in [4.78, 5) is 30.3. The van der Waals surface area contributed by atoms with E-state index in [0.717, 1.165) is 64.3 Å². The number of aryl methyl sites for hydroxylation is 2. The third-order valence-corrected chi connectivity index (χ3v) is 6.95. The Morgan fingerprint density at radius 3 is 2.08 bits per heavy atom. The molecule has 8 heteroatoms. The quantitative estimate of drug-likeness (QED) is 0.368. The van der Waals surface area contributed by atoms with Crippen molar-refractivity contribution in [3.05, 3.63) is 78.1 Å². The van der Waals surface area contributed by atoms with Gasteiger partial charge in [0.1, 0.15) is 23.1 Å². The van der Waals surface area contributed by atoms with E-state index in [4.69, 9.17) is 14.5 Å². The molecular formula is C30H33N5O3. The molecule has 0 unspecified atom stereocenters. The summed E-state index contributed by atoms with van der Waals surface area (Å²) in [5, 5.41) is 0. The van der Waals surface area contributed by atoms with Crippen molar-refractivity contribution >= 4 is 11.7 Å². The Morgan fingerprint density at radius 2 is 1.50 bits per heavy atom. The van der Waals surface area contributed by atoms with Crippen molar-refractivity contribution in [2.24, 2.45) is 0 Å². The molecule has 1 N–H and O–H groups in total. The van der Waals surface area contributed by atoms with E-state index >= 15 is 0 Å². The van der Waals surface area contributed by atoms with Gasteiger partial charge in [0, 0.05) is 55.6 Å². The maximum Gasteiger partial charge on any atom is 0.223 e. The number of rotatable bonds is 8. The van der Waals surface area contributed by atoms with Gasteiger partial charge in [-0.3, -0.25) is 4.79 Å². The number of imidazole rings is 1. The molecule has 1 saturated heterocycles.